The highest BCUT2D eigenvalue weighted by molar-refractivity contribution is 6.74. The van der Waals surface area contributed by atoms with Crippen LogP contribution in [0, 0.1) is 0 Å². The molecule has 17 heterocycles. The van der Waals surface area contributed by atoms with E-state index in [4.69, 9.17) is 156 Å². The summed E-state index contributed by atoms with van der Waals surface area (Å²) in [6.45, 7) is 40.4. The summed E-state index contributed by atoms with van der Waals surface area (Å²) in [7, 11) is -0.768. The number of hydroxylamine groups is 2. The van der Waals surface area contributed by atoms with Crippen LogP contribution in [0.5, 0.6) is 0 Å². The van der Waals surface area contributed by atoms with Crippen LogP contribution < -0.4 is 0 Å². The molecule has 9 fully saturated rings. The SMILES string of the molecule is C1CCOC1.CC1(C)O[C@@H]2[C@H](O1)[C@@H](C(=O)c1ccc(Cl)cc1CCCO[Si](C)(C)C(C)(C)C)O[C@H]2n1ccc2c(Cl)ncnc21.CC1(C)O[C@H]2[C@@H](O1)[C@H](n1ccc3c(Cl)ncnc31)O[C@@H]2[C@H](O)c1ccc(Cl)cc1CCCO.CC1(C)O[C@H]2[C@@H](O1)[C@H](n1ccc3c(Cl)ncnc31)O[C@@H]2[C@H](O)c1ccc(Cl)cc1CCCO[Si](C)(C)C(C)(C)C.CON(C)C(=O)[C@H]1OC(n2ccc3c(Cl)ncnc32)[C@@H]2OC(C)(C)O[C@H]12. The third kappa shape index (κ3) is 23.5. The lowest BCUT2D eigenvalue weighted by Gasteiger charge is -2.36. The first-order chi connectivity index (χ1) is 68.0. The zero-order valence-electron chi connectivity index (χ0n) is 84.4. The largest absolute Gasteiger partial charge is 0.417 e. The minimum absolute atomic E-state index is 0.0466. The molecule has 20 rings (SSSR count). The van der Waals surface area contributed by atoms with Gasteiger partial charge in [0, 0.05) is 85.5 Å². The van der Waals surface area contributed by atoms with Gasteiger partial charge in [0.1, 0.15) is 142 Å². The molecule has 0 spiro atoms. The summed E-state index contributed by atoms with van der Waals surface area (Å²) in [5.74, 6) is -3.92. The number of aryl methyl sites for hydroxylation is 3. The summed E-state index contributed by atoms with van der Waals surface area (Å²) in [5.41, 5.74) is 7.13. The van der Waals surface area contributed by atoms with Gasteiger partial charge in [0.05, 0.1) is 28.7 Å². The van der Waals surface area contributed by atoms with Crippen molar-refractivity contribution in [3.63, 3.8) is 0 Å². The maximum Gasteiger partial charge on any atom is 0.277 e. The fourth-order valence-electron chi connectivity index (χ4n) is 19.1. The Morgan fingerprint density at radius 2 is 0.750 bits per heavy atom. The third-order valence-electron chi connectivity index (χ3n) is 28.2. The molecule has 1 amide bonds. The number of rotatable bonds is 25. The first-order valence-electron chi connectivity index (χ1n) is 48.4. The van der Waals surface area contributed by atoms with Gasteiger partial charge in [0.25, 0.3) is 5.91 Å². The molecule has 3 aromatic carbocycles. The Labute approximate surface area is 874 Å². The van der Waals surface area contributed by atoms with Crippen molar-refractivity contribution in [3.05, 3.63) is 198 Å². The Morgan fingerprint density at radius 1 is 0.438 bits per heavy atom. The lowest BCUT2D eigenvalue weighted by Crippen LogP contribution is -2.43. The number of likely N-dealkylation sites (N-methyl/N-ethyl adjacent to an activating group) is 1. The van der Waals surface area contributed by atoms with Crippen LogP contribution in [0.15, 0.2) is 129 Å². The number of carbonyl (C=O) groups is 2. The molecule has 0 aliphatic carbocycles. The molecule has 43 heteroatoms. The maximum atomic E-state index is 14.1. The van der Waals surface area contributed by atoms with Crippen molar-refractivity contribution in [1.82, 2.24) is 63.2 Å². The molecule has 8 aromatic heterocycles. The van der Waals surface area contributed by atoms with Crippen molar-refractivity contribution < 1.29 is 100 Å². The van der Waals surface area contributed by atoms with Crippen LogP contribution in [0.25, 0.3) is 44.1 Å². The number of halogens is 7. The minimum atomic E-state index is -1.86. The van der Waals surface area contributed by atoms with Gasteiger partial charge in [-0.3, -0.25) is 14.4 Å². The van der Waals surface area contributed by atoms with Crippen LogP contribution in [0.1, 0.15) is 204 Å². The van der Waals surface area contributed by atoms with Gasteiger partial charge < -0.3 is 104 Å². The molecule has 34 nitrogen and oxygen atoms in total. The fraction of sp³-hybridized carbons (Fsp3) is 0.564. The third-order valence-corrected chi connectivity index (χ3v) is 39.2. The van der Waals surface area contributed by atoms with Gasteiger partial charge in [-0.25, -0.2) is 44.9 Å². The normalized spacial score (nSPS) is 26.3. The monoisotopic (exact) mass is 2160 g/mol. The van der Waals surface area contributed by atoms with Crippen molar-refractivity contribution in [2.45, 2.75) is 318 Å². The first kappa shape index (κ1) is 110. The van der Waals surface area contributed by atoms with Crippen molar-refractivity contribution in [1.29, 1.82) is 0 Å². The number of ether oxygens (including phenoxy) is 13. The fourth-order valence-corrected chi connectivity index (χ4v) is 22.6. The summed E-state index contributed by atoms with van der Waals surface area (Å²) < 4.78 is 99.9. The van der Waals surface area contributed by atoms with Gasteiger partial charge in [0.15, 0.2) is 82.7 Å². The molecule has 0 bridgehead atoms. The van der Waals surface area contributed by atoms with Gasteiger partial charge in [-0.15, -0.1) is 0 Å². The lowest BCUT2D eigenvalue weighted by molar-refractivity contribution is -0.211. The van der Waals surface area contributed by atoms with E-state index < -0.39 is 150 Å². The predicted octanol–water partition coefficient (Wildman–Crippen LogP) is 20.0. The van der Waals surface area contributed by atoms with E-state index in [1.807, 2.05) is 116 Å². The Balaban J connectivity index is 0.000000137. The molecule has 3 N–H and O–H groups in total. The van der Waals surface area contributed by atoms with Gasteiger partial charge in [-0.1, -0.05) is 135 Å². The van der Waals surface area contributed by atoms with Crippen LogP contribution in [-0.4, -0.2) is 250 Å². The van der Waals surface area contributed by atoms with Gasteiger partial charge in [-0.2, -0.15) is 0 Å². The molecule has 144 heavy (non-hydrogen) atoms. The standard InChI is InChI=1S/C29H39Cl2N3O5Si.C29H37Cl2N3O5Si.C23H25Cl2N3O5.C16H19ClN4O5.C4H8O/c2*1-28(2,3)40(6,7)36-14-8-9-17-15-18(30)10-11-19(17)21(35)22-23-24(39-29(4,5)38-23)27(37-22)34-13-12-20-25(31)32-16-33-26(20)34;1-23(2)32-18-17(16(30)14-6-5-13(24)10-12(14)4-3-9-29)31-22(19(18)33-23)28-8-7-15-20(25)26-11-27-21(15)28;1-16(2)25-9-10(14(22)20(3)23-4)24-15(11(9)26-16)21-6-5-8-12(17)18-7-19-13(8)21;1-2-4-5-3-1/h10-13,15-16,21-24,27,35H,8-9,14H2,1-7H3;10-13,15-16,22-24,27H,8-9,14H2,1-7H3;5-8,10-11,16-19,22,29-30H,3-4,9H2,1-2H3;5-7,9-11,15H,1-4H3;1-4H2/t21-,22-,23-,24-,27-;22-,23-,24-,27-;16-,17-,18-,19-,22-;9-,10+,11-,15?;/m1111./s1. The van der Waals surface area contributed by atoms with Gasteiger partial charge in [-0.05, 0) is 238 Å². The average molecular weight is 2160 g/mol. The van der Waals surface area contributed by atoms with Crippen molar-refractivity contribution in [2.24, 2.45) is 0 Å². The molecule has 1 unspecified atom stereocenters. The number of ketones is 1. The predicted molar refractivity (Wildman–Crippen MR) is 548 cm³/mol. The maximum absolute atomic E-state index is 14.1. The smallest absolute Gasteiger partial charge is 0.277 e. The van der Waals surface area contributed by atoms with Gasteiger partial charge in [0.2, 0.25) is 0 Å². The molecule has 11 aromatic rings. The second kappa shape index (κ2) is 44.1. The average Bonchev–Trinajstić information content (AvgIpc) is 1.60. The highest BCUT2D eigenvalue weighted by atomic mass is 35.5. The van der Waals surface area contributed by atoms with E-state index in [-0.39, 0.29) is 28.4 Å². The van der Waals surface area contributed by atoms with E-state index in [0.29, 0.717) is 130 Å². The summed E-state index contributed by atoms with van der Waals surface area (Å²) >= 11 is 43.9. The summed E-state index contributed by atoms with van der Waals surface area (Å²) in [6.07, 6.45) is 7.87. The molecule has 0 saturated carbocycles. The Bertz CT molecular complexity index is 6390. The second-order valence-corrected chi connectivity index (χ2v) is 54.3. The number of amides is 1. The summed E-state index contributed by atoms with van der Waals surface area (Å²) in [5, 5.41) is 39.9. The zero-order chi connectivity index (χ0) is 104. The number of nitrogens with zero attached hydrogens (tertiary/aromatic N) is 13. The Hall–Kier alpha value is -7.02. The molecule has 9 aliphatic rings. The number of carbonyl (C=O) groups excluding carboxylic acids is 2. The van der Waals surface area contributed by atoms with E-state index in [9.17, 15) is 24.9 Å². The number of hydrogen-bond acceptors (Lipinski definition) is 29. The van der Waals surface area contributed by atoms with Gasteiger partial charge >= 0.3 is 0 Å². The van der Waals surface area contributed by atoms with E-state index in [2.05, 4.69) is 108 Å². The topological polar surface area (TPSA) is 369 Å². The Kier molecular flexibility index (Phi) is 33.6. The lowest BCUT2D eigenvalue weighted by atomic mass is 9.93. The Morgan fingerprint density at radius 3 is 1.10 bits per heavy atom. The first-order valence-corrected chi connectivity index (χ1v) is 56.9. The number of benzene rings is 3. The van der Waals surface area contributed by atoms with Crippen LogP contribution in [0.4, 0.5) is 0 Å². The molecule has 9 saturated heterocycles. The molecule has 9 aliphatic heterocycles. The summed E-state index contributed by atoms with van der Waals surface area (Å²) in [6, 6.07) is 23.6. The summed E-state index contributed by atoms with van der Waals surface area (Å²) in [4.78, 5) is 65.4. The zero-order valence-corrected chi connectivity index (χ0v) is 91.7. The molecule has 780 valence electrons. The number of aliphatic hydroxyl groups is 3. The van der Waals surface area contributed by atoms with Crippen molar-refractivity contribution in [3.8, 4) is 0 Å². The highest BCUT2D eigenvalue weighted by Crippen LogP contribution is 2.53. The van der Waals surface area contributed by atoms with Crippen LogP contribution in [-0.2, 0) is 99.3 Å². The second-order valence-electron chi connectivity index (χ2n) is 42.0. The number of fused-ring (bicyclic) bond motifs is 8. The van der Waals surface area contributed by atoms with E-state index in [0.717, 1.165) is 53.4 Å². The van der Waals surface area contributed by atoms with E-state index >= 15 is 0 Å². The molecular weight excluding hydrogens is 2040 g/mol. The highest BCUT2D eigenvalue weighted by Gasteiger charge is 2.63. The van der Waals surface area contributed by atoms with Crippen LogP contribution in [0.2, 0.25) is 71.9 Å². The minimum Gasteiger partial charge on any atom is -0.417 e. The number of hydrogen-bond donors (Lipinski definition) is 3. The van der Waals surface area contributed by atoms with Crippen LogP contribution >= 0.6 is 81.2 Å². The quantitative estimate of drug-likeness (QED) is 0.0157. The van der Waals surface area contributed by atoms with E-state index in [1.54, 1.807) is 61.0 Å². The number of aromatic nitrogens is 12. The molecule has 18 atom stereocenters. The number of Topliss-reactive ketones (excluding diaryl/α,β-unsaturated/α-hetero) is 1. The van der Waals surface area contributed by atoms with E-state index in [1.165, 1.54) is 52.3 Å². The van der Waals surface area contributed by atoms with Crippen molar-refractivity contribution in [2.75, 3.05) is 47.2 Å². The number of aliphatic hydroxyl groups excluding tert-OH is 3. The van der Waals surface area contributed by atoms with Crippen molar-refractivity contribution >= 4 is 154 Å². The molecular formula is C101H128Cl7N13O21Si2. The van der Waals surface area contributed by atoms with Crippen LogP contribution in [0.3, 0.4) is 0 Å². The molecule has 0 radical (unpaired) electrons.